The summed E-state index contributed by atoms with van der Waals surface area (Å²) in [6.45, 7) is 8.39. The van der Waals surface area contributed by atoms with Crippen LogP contribution in [0.5, 0.6) is 0 Å². The Balaban J connectivity index is 1.61. The van der Waals surface area contributed by atoms with Gasteiger partial charge in [0.05, 0.1) is 11.7 Å². The van der Waals surface area contributed by atoms with Gasteiger partial charge in [0.1, 0.15) is 0 Å². The first-order chi connectivity index (χ1) is 15.2. The van der Waals surface area contributed by atoms with Crippen LogP contribution in [0, 0.1) is 6.92 Å². The summed E-state index contributed by atoms with van der Waals surface area (Å²) in [4.78, 5) is 11.9. The molecular weight excluding hydrogens is 382 g/mol. The average Bonchev–Trinajstić information content (AvgIpc) is 2.81. The van der Waals surface area contributed by atoms with Crippen molar-refractivity contribution in [3.63, 3.8) is 0 Å². The van der Waals surface area contributed by atoms with Gasteiger partial charge in [0.15, 0.2) is 11.6 Å². The van der Waals surface area contributed by atoms with Crippen LogP contribution in [0.25, 0.3) is 22.3 Å². The van der Waals surface area contributed by atoms with Crippen LogP contribution in [0.15, 0.2) is 77.9 Å². The van der Waals surface area contributed by atoms with Crippen LogP contribution in [0.3, 0.4) is 0 Å². The molecule has 0 fully saturated rings. The molecule has 1 N–H and O–H groups in total. The van der Waals surface area contributed by atoms with Crippen LogP contribution in [-0.4, -0.2) is 29.3 Å². The minimum atomic E-state index is 0.693. The number of benzene rings is 3. The van der Waals surface area contributed by atoms with Crippen molar-refractivity contribution >= 4 is 28.6 Å². The lowest BCUT2D eigenvalue weighted by atomic mass is 10.1. The van der Waals surface area contributed by atoms with Gasteiger partial charge in [-0.05, 0) is 56.2 Å². The Morgan fingerprint density at radius 1 is 0.871 bits per heavy atom. The Hall–Kier alpha value is -3.73. The largest absolute Gasteiger partial charge is 0.372 e. The van der Waals surface area contributed by atoms with Crippen molar-refractivity contribution < 1.29 is 0 Å². The van der Waals surface area contributed by atoms with Gasteiger partial charge in [-0.25, -0.2) is 9.97 Å². The highest BCUT2D eigenvalue weighted by Crippen LogP contribution is 2.26. The highest BCUT2D eigenvalue weighted by atomic mass is 15.3. The molecule has 156 valence electrons. The molecular formula is C26H27N5. The number of hydrogen-bond donors (Lipinski definition) is 1. The molecule has 0 radical (unpaired) electrons. The number of nitrogens with zero attached hydrogens (tertiary/aromatic N) is 4. The van der Waals surface area contributed by atoms with Gasteiger partial charge in [-0.15, -0.1) is 0 Å². The third-order valence-electron chi connectivity index (χ3n) is 5.39. The number of rotatable bonds is 7. The van der Waals surface area contributed by atoms with E-state index in [2.05, 4.69) is 66.5 Å². The highest BCUT2D eigenvalue weighted by molar-refractivity contribution is 5.91. The molecule has 31 heavy (non-hydrogen) atoms. The molecule has 0 aliphatic heterocycles. The van der Waals surface area contributed by atoms with E-state index in [9.17, 15) is 0 Å². The standard InChI is InChI=1S/C26H27N5/c1-4-31(5-2)21-16-14-20(15-17-21)18-27-30-26-23-12-8-9-13-24(23)28-25(29-26)22-11-7-6-10-19(22)3/h6-18H,4-5H2,1-3H3,(H,28,29,30). The van der Waals surface area contributed by atoms with E-state index in [0.29, 0.717) is 11.6 Å². The van der Waals surface area contributed by atoms with Gasteiger partial charge in [-0.2, -0.15) is 5.10 Å². The van der Waals surface area contributed by atoms with Crippen LogP contribution in [-0.2, 0) is 0 Å². The lowest BCUT2D eigenvalue weighted by Gasteiger charge is -2.20. The minimum absolute atomic E-state index is 0.693. The number of aromatic nitrogens is 2. The highest BCUT2D eigenvalue weighted by Gasteiger charge is 2.10. The number of para-hydroxylation sites is 1. The second-order valence-electron chi connectivity index (χ2n) is 7.36. The molecule has 0 aliphatic carbocycles. The normalized spacial score (nSPS) is 11.2. The summed E-state index contributed by atoms with van der Waals surface area (Å²) in [5, 5.41) is 5.39. The topological polar surface area (TPSA) is 53.4 Å². The first-order valence-corrected chi connectivity index (χ1v) is 10.7. The maximum Gasteiger partial charge on any atom is 0.162 e. The smallest absolute Gasteiger partial charge is 0.162 e. The predicted molar refractivity (Wildman–Crippen MR) is 131 cm³/mol. The Morgan fingerprint density at radius 2 is 1.58 bits per heavy atom. The Morgan fingerprint density at radius 3 is 2.32 bits per heavy atom. The summed E-state index contributed by atoms with van der Waals surface area (Å²) in [6.07, 6.45) is 1.82. The Labute approximate surface area is 183 Å². The van der Waals surface area contributed by atoms with Gasteiger partial charge >= 0.3 is 0 Å². The SMILES string of the molecule is CCN(CC)c1ccc(C=NNc2nc(-c3ccccc3C)nc3ccccc23)cc1. The summed E-state index contributed by atoms with van der Waals surface area (Å²) >= 11 is 0. The van der Waals surface area contributed by atoms with E-state index in [-0.39, 0.29) is 0 Å². The summed E-state index contributed by atoms with van der Waals surface area (Å²) in [5.74, 6) is 1.39. The van der Waals surface area contributed by atoms with Gasteiger partial charge in [-0.3, -0.25) is 5.43 Å². The lowest BCUT2D eigenvalue weighted by Crippen LogP contribution is -2.21. The maximum absolute atomic E-state index is 4.78. The summed E-state index contributed by atoms with van der Waals surface area (Å²) in [7, 11) is 0. The Bertz CT molecular complexity index is 1190. The zero-order valence-electron chi connectivity index (χ0n) is 18.2. The van der Waals surface area contributed by atoms with Crippen molar-refractivity contribution in [2.45, 2.75) is 20.8 Å². The van der Waals surface area contributed by atoms with Crippen molar-refractivity contribution in [3.05, 3.63) is 83.9 Å². The zero-order chi connectivity index (χ0) is 21.6. The average molecular weight is 410 g/mol. The molecule has 4 rings (SSSR count). The lowest BCUT2D eigenvalue weighted by molar-refractivity contribution is 0.866. The van der Waals surface area contributed by atoms with Crippen molar-refractivity contribution in [1.82, 2.24) is 9.97 Å². The van der Waals surface area contributed by atoms with Crippen molar-refractivity contribution in [3.8, 4) is 11.4 Å². The molecule has 0 atom stereocenters. The second kappa shape index (κ2) is 9.39. The van der Waals surface area contributed by atoms with Gasteiger partial charge in [0, 0.05) is 29.7 Å². The molecule has 5 nitrogen and oxygen atoms in total. The minimum Gasteiger partial charge on any atom is -0.372 e. The molecule has 0 saturated carbocycles. The predicted octanol–water partition coefficient (Wildman–Crippen LogP) is 5.90. The van der Waals surface area contributed by atoms with Crippen molar-refractivity contribution in [2.24, 2.45) is 5.10 Å². The van der Waals surface area contributed by atoms with Crippen LogP contribution in [0.2, 0.25) is 0 Å². The third-order valence-corrected chi connectivity index (χ3v) is 5.39. The molecule has 3 aromatic carbocycles. The van der Waals surface area contributed by atoms with Gasteiger partial charge < -0.3 is 4.90 Å². The van der Waals surface area contributed by atoms with E-state index in [1.54, 1.807) is 0 Å². The second-order valence-corrected chi connectivity index (χ2v) is 7.36. The fourth-order valence-electron chi connectivity index (χ4n) is 3.63. The first kappa shape index (κ1) is 20.5. The fraction of sp³-hybridized carbons (Fsp3) is 0.192. The summed E-state index contributed by atoms with van der Waals surface area (Å²) in [6, 6.07) is 24.5. The number of hydrazone groups is 1. The molecule has 1 aromatic heterocycles. The molecule has 0 amide bonds. The monoisotopic (exact) mass is 409 g/mol. The molecule has 0 spiro atoms. The van der Waals surface area contributed by atoms with E-state index in [1.807, 2.05) is 48.7 Å². The van der Waals surface area contributed by atoms with E-state index in [4.69, 9.17) is 9.97 Å². The molecule has 4 aromatic rings. The van der Waals surface area contributed by atoms with Gasteiger partial charge in [0.2, 0.25) is 0 Å². The van der Waals surface area contributed by atoms with E-state index >= 15 is 0 Å². The third kappa shape index (κ3) is 4.56. The molecule has 0 aliphatic rings. The number of hydrogen-bond acceptors (Lipinski definition) is 5. The number of fused-ring (bicyclic) bond motifs is 1. The first-order valence-electron chi connectivity index (χ1n) is 10.7. The number of aryl methyl sites for hydroxylation is 1. The van der Waals surface area contributed by atoms with Crippen LogP contribution < -0.4 is 10.3 Å². The van der Waals surface area contributed by atoms with Gasteiger partial charge in [-0.1, -0.05) is 48.5 Å². The van der Waals surface area contributed by atoms with Crippen molar-refractivity contribution in [2.75, 3.05) is 23.4 Å². The molecule has 0 saturated heterocycles. The fourth-order valence-corrected chi connectivity index (χ4v) is 3.63. The van der Waals surface area contributed by atoms with Crippen LogP contribution >= 0.6 is 0 Å². The number of nitrogens with one attached hydrogen (secondary N) is 1. The summed E-state index contributed by atoms with van der Waals surface area (Å²) in [5.41, 5.74) is 8.43. The zero-order valence-corrected chi connectivity index (χ0v) is 18.2. The van der Waals surface area contributed by atoms with Crippen LogP contribution in [0.1, 0.15) is 25.0 Å². The van der Waals surface area contributed by atoms with E-state index in [1.165, 1.54) is 5.69 Å². The molecule has 1 heterocycles. The molecule has 0 unspecified atom stereocenters. The maximum atomic E-state index is 4.78. The number of anilines is 2. The molecule has 5 heteroatoms. The molecule has 0 bridgehead atoms. The van der Waals surface area contributed by atoms with E-state index in [0.717, 1.165) is 40.7 Å². The quantitative estimate of drug-likeness (QED) is 0.305. The van der Waals surface area contributed by atoms with Crippen molar-refractivity contribution in [1.29, 1.82) is 0 Å². The summed E-state index contributed by atoms with van der Waals surface area (Å²) < 4.78 is 0. The Kier molecular flexibility index (Phi) is 6.22. The van der Waals surface area contributed by atoms with Gasteiger partial charge in [0.25, 0.3) is 0 Å². The van der Waals surface area contributed by atoms with E-state index < -0.39 is 0 Å². The van der Waals surface area contributed by atoms with Crippen LogP contribution in [0.4, 0.5) is 11.5 Å².